The highest BCUT2D eigenvalue weighted by molar-refractivity contribution is 6.18. The molecule has 0 aromatic heterocycles. The van der Waals surface area contributed by atoms with Gasteiger partial charge < -0.3 is 0 Å². The molecule has 0 N–H and O–H groups in total. The topological polar surface area (TPSA) is 61.2 Å². The van der Waals surface area contributed by atoms with Crippen LogP contribution >= 0.6 is 0 Å². The minimum atomic E-state index is -4.95. The predicted molar refractivity (Wildman–Crippen MR) is 54.8 cm³/mol. The van der Waals surface area contributed by atoms with Crippen LogP contribution in [0.2, 0.25) is 0 Å². The van der Waals surface area contributed by atoms with Gasteiger partial charge in [0.15, 0.2) is 0 Å². The van der Waals surface area contributed by atoms with Crippen LogP contribution in [0.3, 0.4) is 0 Å². The second-order valence-corrected chi connectivity index (χ2v) is 3.60. The SMILES string of the molecule is C=C1C(=O)N(CCC)C(=O)C(C#N)=C1C(F)(F)F. The van der Waals surface area contributed by atoms with Gasteiger partial charge in [-0.3, -0.25) is 14.5 Å². The van der Waals surface area contributed by atoms with Gasteiger partial charge in [-0.15, -0.1) is 0 Å². The van der Waals surface area contributed by atoms with Gasteiger partial charge in [0.05, 0.1) is 5.57 Å². The van der Waals surface area contributed by atoms with Crippen LogP contribution in [0.1, 0.15) is 13.3 Å². The van der Waals surface area contributed by atoms with Gasteiger partial charge in [0.2, 0.25) is 0 Å². The minimum Gasteiger partial charge on any atom is -0.274 e. The molecule has 0 saturated carbocycles. The molecular weight excluding hydrogens is 249 g/mol. The van der Waals surface area contributed by atoms with Crippen molar-refractivity contribution in [1.29, 1.82) is 5.26 Å². The molecule has 1 aliphatic heterocycles. The summed E-state index contributed by atoms with van der Waals surface area (Å²) in [6.07, 6.45) is -4.57. The molecule has 0 aromatic rings. The van der Waals surface area contributed by atoms with E-state index in [9.17, 15) is 22.8 Å². The average Bonchev–Trinajstić information content (AvgIpc) is 2.27. The Morgan fingerprint density at radius 2 is 1.89 bits per heavy atom. The number of hydrogen-bond donors (Lipinski definition) is 0. The van der Waals surface area contributed by atoms with E-state index in [1.54, 1.807) is 6.92 Å². The van der Waals surface area contributed by atoms with Crippen LogP contribution in [-0.2, 0) is 9.59 Å². The fourth-order valence-electron chi connectivity index (χ4n) is 1.60. The van der Waals surface area contributed by atoms with Crippen LogP contribution in [0, 0.1) is 11.3 Å². The van der Waals surface area contributed by atoms with E-state index in [0.717, 1.165) is 0 Å². The Kier molecular flexibility index (Phi) is 3.60. The molecule has 0 fully saturated rings. The largest absolute Gasteiger partial charge is 0.418 e. The lowest BCUT2D eigenvalue weighted by molar-refractivity contribution is -0.143. The first-order chi connectivity index (χ1) is 8.25. The summed E-state index contributed by atoms with van der Waals surface area (Å²) in [6, 6.07) is 1.21. The summed E-state index contributed by atoms with van der Waals surface area (Å²) < 4.78 is 38.1. The van der Waals surface area contributed by atoms with Crippen molar-refractivity contribution in [1.82, 2.24) is 4.90 Å². The quantitative estimate of drug-likeness (QED) is 0.559. The van der Waals surface area contributed by atoms with E-state index in [-0.39, 0.29) is 6.54 Å². The summed E-state index contributed by atoms with van der Waals surface area (Å²) in [7, 11) is 0. The van der Waals surface area contributed by atoms with Gasteiger partial charge >= 0.3 is 6.18 Å². The molecule has 1 heterocycles. The Bertz CT molecular complexity index is 497. The molecule has 0 aliphatic carbocycles. The number of nitriles is 1. The van der Waals surface area contributed by atoms with E-state index < -0.39 is 34.7 Å². The van der Waals surface area contributed by atoms with Crippen LogP contribution in [-0.4, -0.2) is 29.4 Å². The number of carbonyl (C=O) groups is 2. The first-order valence-corrected chi connectivity index (χ1v) is 5.02. The van der Waals surface area contributed by atoms with Gasteiger partial charge in [-0.2, -0.15) is 18.4 Å². The number of imide groups is 1. The molecule has 0 radical (unpaired) electrons. The van der Waals surface area contributed by atoms with Crippen molar-refractivity contribution in [2.75, 3.05) is 6.54 Å². The molecule has 0 atom stereocenters. The van der Waals surface area contributed by atoms with Crippen molar-refractivity contribution in [3.63, 3.8) is 0 Å². The second-order valence-electron chi connectivity index (χ2n) is 3.60. The highest BCUT2D eigenvalue weighted by atomic mass is 19.4. The lowest BCUT2D eigenvalue weighted by Gasteiger charge is -2.28. The summed E-state index contributed by atoms with van der Waals surface area (Å²) in [5.41, 5.74) is -3.49. The van der Waals surface area contributed by atoms with E-state index in [1.807, 2.05) is 0 Å². The summed E-state index contributed by atoms with van der Waals surface area (Å²) >= 11 is 0. The molecule has 1 rings (SSSR count). The maximum absolute atomic E-state index is 12.7. The van der Waals surface area contributed by atoms with Crippen LogP contribution in [0.5, 0.6) is 0 Å². The van der Waals surface area contributed by atoms with Crippen molar-refractivity contribution in [3.05, 3.63) is 23.3 Å². The van der Waals surface area contributed by atoms with Crippen molar-refractivity contribution in [2.24, 2.45) is 0 Å². The molecule has 0 aromatic carbocycles. The molecule has 0 unspecified atom stereocenters. The van der Waals surface area contributed by atoms with Crippen molar-refractivity contribution in [2.45, 2.75) is 19.5 Å². The third-order valence-electron chi connectivity index (χ3n) is 2.36. The van der Waals surface area contributed by atoms with Gasteiger partial charge in [-0.1, -0.05) is 13.5 Å². The van der Waals surface area contributed by atoms with Gasteiger partial charge in [0, 0.05) is 12.1 Å². The lowest BCUT2D eigenvalue weighted by Crippen LogP contribution is -2.45. The Labute approximate surface area is 101 Å². The molecule has 4 nitrogen and oxygen atoms in total. The summed E-state index contributed by atoms with van der Waals surface area (Å²) in [4.78, 5) is 23.9. The number of carbonyl (C=O) groups excluding carboxylic acids is 2. The smallest absolute Gasteiger partial charge is 0.274 e. The summed E-state index contributed by atoms with van der Waals surface area (Å²) in [6.45, 7) is 4.64. The molecule has 0 saturated heterocycles. The first kappa shape index (κ1) is 14.0. The van der Waals surface area contributed by atoms with E-state index in [4.69, 9.17) is 5.26 Å². The maximum Gasteiger partial charge on any atom is 0.418 e. The number of halogens is 3. The molecule has 0 spiro atoms. The monoisotopic (exact) mass is 258 g/mol. The normalized spacial score (nSPS) is 17.3. The van der Waals surface area contributed by atoms with E-state index in [0.29, 0.717) is 11.3 Å². The zero-order valence-electron chi connectivity index (χ0n) is 9.47. The second kappa shape index (κ2) is 4.64. The zero-order valence-corrected chi connectivity index (χ0v) is 9.47. The van der Waals surface area contributed by atoms with Crippen molar-refractivity contribution in [3.8, 4) is 6.07 Å². The van der Waals surface area contributed by atoms with Gasteiger partial charge in [0.1, 0.15) is 11.6 Å². The Hall–Kier alpha value is -2.10. The van der Waals surface area contributed by atoms with E-state index in [2.05, 4.69) is 6.58 Å². The van der Waals surface area contributed by atoms with E-state index in [1.165, 1.54) is 6.07 Å². The van der Waals surface area contributed by atoms with Crippen molar-refractivity contribution < 1.29 is 22.8 Å². The van der Waals surface area contributed by atoms with Gasteiger partial charge in [0.25, 0.3) is 11.8 Å². The minimum absolute atomic E-state index is 0.0486. The molecule has 0 bridgehead atoms. The third-order valence-corrected chi connectivity index (χ3v) is 2.36. The number of alkyl halides is 3. The summed E-state index contributed by atoms with van der Waals surface area (Å²) in [5, 5.41) is 8.68. The molecular formula is C11H9F3N2O2. The zero-order chi connectivity index (χ0) is 14.1. The van der Waals surface area contributed by atoms with E-state index >= 15 is 0 Å². The van der Waals surface area contributed by atoms with Crippen LogP contribution in [0.4, 0.5) is 13.2 Å². The third kappa shape index (κ3) is 2.14. The van der Waals surface area contributed by atoms with Crippen LogP contribution < -0.4 is 0 Å². The predicted octanol–water partition coefficient (Wildman–Crippen LogP) is 1.70. The summed E-state index contributed by atoms with van der Waals surface area (Å²) in [5.74, 6) is -2.32. The number of amides is 2. The first-order valence-electron chi connectivity index (χ1n) is 5.02. The number of rotatable bonds is 2. The number of hydrogen-bond acceptors (Lipinski definition) is 3. The number of nitrogens with zero attached hydrogens (tertiary/aromatic N) is 2. The Morgan fingerprint density at radius 3 is 2.28 bits per heavy atom. The molecule has 2 amide bonds. The fraction of sp³-hybridized carbons (Fsp3) is 0.364. The molecule has 18 heavy (non-hydrogen) atoms. The molecule has 96 valence electrons. The standard InChI is InChI=1S/C11H9F3N2O2/c1-3-4-16-9(17)6(2)8(11(12,13)14)7(5-15)10(16)18/h2-4H2,1H3. The molecule has 1 aliphatic rings. The van der Waals surface area contributed by atoms with Gasteiger partial charge in [-0.25, -0.2) is 0 Å². The lowest BCUT2D eigenvalue weighted by atomic mass is 9.94. The van der Waals surface area contributed by atoms with Crippen LogP contribution in [0.25, 0.3) is 0 Å². The maximum atomic E-state index is 12.7. The highest BCUT2D eigenvalue weighted by Crippen LogP contribution is 2.37. The van der Waals surface area contributed by atoms with Crippen molar-refractivity contribution >= 4 is 11.8 Å². The highest BCUT2D eigenvalue weighted by Gasteiger charge is 2.47. The average molecular weight is 258 g/mol. The molecule has 7 heteroatoms. The Morgan fingerprint density at radius 1 is 1.33 bits per heavy atom. The van der Waals surface area contributed by atoms with Crippen LogP contribution in [0.15, 0.2) is 23.3 Å². The fourth-order valence-corrected chi connectivity index (χ4v) is 1.60. The van der Waals surface area contributed by atoms with Gasteiger partial charge in [-0.05, 0) is 6.42 Å². The Balaban J connectivity index is 3.45.